The van der Waals surface area contributed by atoms with Crippen LogP contribution >= 0.6 is 0 Å². The molecular formula is C22H31FN2O4S. The molecule has 3 fully saturated rings. The van der Waals surface area contributed by atoms with E-state index in [4.69, 9.17) is 4.74 Å². The third kappa shape index (κ3) is 4.80. The molecule has 1 atom stereocenters. The van der Waals surface area contributed by atoms with Gasteiger partial charge in [-0.3, -0.25) is 9.69 Å². The molecule has 2 aliphatic carbocycles. The molecule has 2 saturated carbocycles. The number of rotatable bonds is 6. The van der Waals surface area contributed by atoms with Crippen molar-refractivity contribution < 1.29 is 22.3 Å². The summed E-state index contributed by atoms with van der Waals surface area (Å²) in [6.07, 6.45) is 4.88. The van der Waals surface area contributed by atoms with Crippen LogP contribution in [0.1, 0.15) is 81.1 Å². The van der Waals surface area contributed by atoms with Crippen LogP contribution in [-0.4, -0.2) is 49.2 Å². The number of halogens is 1. The molecule has 8 heteroatoms. The van der Waals surface area contributed by atoms with Crippen LogP contribution in [0.4, 0.5) is 4.39 Å². The van der Waals surface area contributed by atoms with Crippen LogP contribution in [0.2, 0.25) is 0 Å². The summed E-state index contributed by atoms with van der Waals surface area (Å²) in [5.41, 5.74) is 0.619. The minimum atomic E-state index is -3.72. The van der Waals surface area contributed by atoms with Gasteiger partial charge in [-0.25, -0.2) is 17.5 Å². The first kappa shape index (κ1) is 21.6. The van der Waals surface area contributed by atoms with Gasteiger partial charge < -0.3 is 4.74 Å². The Morgan fingerprint density at radius 2 is 1.87 bits per heavy atom. The lowest BCUT2D eigenvalue weighted by atomic mass is 9.99. The maximum absolute atomic E-state index is 14.8. The van der Waals surface area contributed by atoms with Gasteiger partial charge in [0.25, 0.3) is 5.91 Å². The Balaban J connectivity index is 1.54. The minimum absolute atomic E-state index is 0.0372. The third-order valence-corrected chi connectivity index (χ3v) is 8.00. The average Bonchev–Trinajstić information content (AvgIpc) is 3.54. The van der Waals surface area contributed by atoms with E-state index < -0.39 is 27.0 Å². The number of likely N-dealkylation sites (tertiary alicyclic amines) is 1. The fraction of sp³-hybridized carbons (Fsp3) is 0.682. The number of piperidine rings is 1. The summed E-state index contributed by atoms with van der Waals surface area (Å²) in [6, 6.07) is 2.76. The molecule has 1 aromatic rings. The first-order valence-corrected chi connectivity index (χ1v) is 12.4. The van der Waals surface area contributed by atoms with E-state index in [0.29, 0.717) is 18.6 Å². The van der Waals surface area contributed by atoms with Crippen LogP contribution in [0.25, 0.3) is 0 Å². The summed E-state index contributed by atoms with van der Waals surface area (Å²) in [4.78, 5) is 14.9. The second kappa shape index (κ2) is 7.79. The molecular weight excluding hydrogens is 407 g/mol. The van der Waals surface area contributed by atoms with Crippen molar-refractivity contribution in [1.29, 1.82) is 0 Å². The Morgan fingerprint density at radius 3 is 2.47 bits per heavy atom. The number of hydrogen-bond donors (Lipinski definition) is 1. The molecule has 1 unspecified atom stereocenters. The molecule has 1 saturated heterocycles. The molecule has 166 valence electrons. The lowest BCUT2D eigenvalue weighted by Crippen LogP contribution is -2.50. The highest BCUT2D eigenvalue weighted by atomic mass is 32.2. The predicted molar refractivity (Wildman–Crippen MR) is 113 cm³/mol. The molecule has 3 aliphatic rings. The minimum Gasteiger partial charge on any atom is -0.489 e. The Kier molecular flexibility index (Phi) is 5.60. The van der Waals surface area contributed by atoms with Crippen molar-refractivity contribution in [1.82, 2.24) is 9.62 Å². The zero-order chi connectivity index (χ0) is 21.7. The van der Waals surface area contributed by atoms with E-state index in [1.807, 2.05) is 4.72 Å². The molecule has 1 aliphatic heterocycles. The number of nitrogens with zero attached hydrogens (tertiary/aromatic N) is 1. The number of carbonyl (C=O) groups is 1. The lowest BCUT2D eigenvalue weighted by Gasteiger charge is -2.41. The third-order valence-electron chi connectivity index (χ3n) is 6.18. The van der Waals surface area contributed by atoms with E-state index in [2.05, 4.69) is 25.7 Å². The monoisotopic (exact) mass is 438 g/mol. The van der Waals surface area contributed by atoms with Gasteiger partial charge in [0.15, 0.2) is 0 Å². The molecule has 1 N–H and O–H groups in total. The van der Waals surface area contributed by atoms with Crippen LogP contribution < -0.4 is 9.46 Å². The van der Waals surface area contributed by atoms with Gasteiger partial charge >= 0.3 is 0 Å². The molecule has 0 spiro atoms. The number of ether oxygens (including phenoxy) is 1. The number of hydrogen-bond acceptors (Lipinski definition) is 5. The number of carbonyl (C=O) groups excluding carboxylic acids is 1. The van der Waals surface area contributed by atoms with Gasteiger partial charge in [-0.2, -0.15) is 0 Å². The van der Waals surface area contributed by atoms with Crippen molar-refractivity contribution >= 4 is 15.9 Å². The quantitative estimate of drug-likeness (QED) is 0.735. The highest BCUT2D eigenvalue weighted by Gasteiger charge is 2.38. The summed E-state index contributed by atoms with van der Waals surface area (Å²) < 4.78 is 47.3. The zero-order valence-corrected chi connectivity index (χ0v) is 18.7. The second-order valence-corrected chi connectivity index (χ2v) is 11.8. The number of amides is 1. The molecule has 0 bridgehead atoms. The average molecular weight is 439 g/mol. The Morgan fingerprint density at radius 1 is 1.17 bits per heavy atom. The summed E-state index contributed by atoms with van der Waals surface area (Å²) in [6.45, 7) is 8.31. The van der Waals surface area contributed by atoms with Gasteiger partial charge in [0.2, 0.25) is 10.0 Å². The van der Waals surface area contributed by atoms with E-state index in [-0.39, 0.29) is 23.1 Å². The number of sulfonamides is 1. The van der Waals surface area contributed by atoms with Gasteiger partial charge in [-0.1, -0.05) is 0 Å². The molecule has 1 aromatic carbocycles. The Labute approximate surface area is 178 Å². The van der Waals surface area contributed by atoms with E-state index in [9.17, 15) is 17.6 Å². The molecule has 30 heavy (non-hydrogen) atoms. The number of benzene rings is 1. The maximum Gasteiger partial charge on any atom is 0.267 e. The van der Waals surface area contributed by atoms with Crippen LogP contribution in [-0.2, 0) is 10.0 Å². The van der Waals surface area contributed by atoms with Gasteiger partial charge in [-0.15, -0.1) is 0 Å². The summed E-state index contributed by atoms with van der Waals surface area (Å²) >= 11 is 0. The molecule has 1 heterocycles. The van der Waals surface area contributed by atoms with Gasteiger partial charge in [0.05, 0.1) is 10.8 Å². The Bertz CT molecular complexity index is 933. The van der Waals surface area contributed by atoms with Crippen molar-refractivity contribution in [2.45, 2.75) is 82.1 Å². The van der Waals surface area contributed by atoms with E-state index in [1.54, 1.807) is 0 Å². The summed E-state index contributed by atoms with van der Waals surface area (Å²) in [5, 5.41) is -0.535. The van der Waals surface area contributed by atoms with Gasteiger partial charge in [0, 0.05) is 18.2 Å². The predicted octanol–water partition coefficient (Wildman–Crippen LogP) is 3.57. The normalized spacial score (nSPS) is 23.3. The van der Waals surface area contributed by atoms with Crippen molar-refractivity contribution in [3.63, 3.8) is 0 Å². The SMILES string of the molecule is CC(C)(C)N1CCCC(Oc2cc(F)c(C(=O)NS(=O)(=O)C3CC3)cc2C2CC2)C1. The largest absolute Gasteiger partial charge is 0.489 e. The summed E-state index contributed by atoms with van der Waals surface area (Å²) in [5.74, 6) is -0.933. The fourth-order valence-electron chi connectivity index (χ4n) is 4.03. The number of nitrogens with one attached hydrogen (secondary N) is 1. The molecule has 0 aromatic heterocycles. The first-order chi connectivity index (χ1) is 14.0. The van der Waals surface area contributed by atoms with E-state index in [1.165, 1.54) is 12.1 Å². The first-order valence-electron chi connectivity index (χ1n) is 10.9. The standard InChI is InChI=1S/C22H31FN2O4S/c1-22(2,3)25-10-4-5-15(13-25)29-20-12-19(23)18(11-17(20)14-6-7-14)21(26)24-30(27,28)16-8-9-16/h11-12,14-16H,4-10,13H2,1-3H3,(H,24,26). The summed E-state index contributed by atoms with van der Waals surface area (Å²) in [7, 11) is -3.72. The van der Waals surface area contributed by atoms with E-state index in [0.717, 1.165) is 44.3 Å². The van der Waals surface area contributed by atoms with Crippen LogP contribution in [0.15, 0.2) is 12.1 Å². The molecule has 0 radical (unpaired) electrons. The molecule has 1 amide bonds. The van der Waals surface area contributed by atoms with Crippen molar-refractivity contribution in [3.05, 3.63) is 29.1 Å². The van der Waals surface area contributed by atoms with Crippen LogP contribution in [0.3, 0.4) is 0 Å². The Hall–Kier alpha value is -1.67. The van der Waals surface area contributed by atoms with E-state index >= 15 is 0 Å². The topological polar surface area (TPSA) is 75.7 Å². The van der Waals surface area contributed by atoms with Crippen molar-refractivity contribution in [2.75, 3.05) is 13.1 Å². The second-order valence-electron chi connectivity index (χ2n) is 9.82. The van der Waals surface area contributed by atoms with Gasteiger partial charge in [-0.05, 0) is 83.4 Å². The van der Waals surface area contributed by atoms with Crippen molar-refractivity contribution in [2.24, 2.45) is 0 Å². The fourth-order valence-corrected chi connectivity index (χ4v) is 5.32. The van der Waals surface area contributed by atoms with Crippen LogP contribution in [0, 0.1) is 5.82 Å². The molecule has 6 nitrogen and oxygen atoms in total. The zero-order valence-electron chi connectivity index (χ0n) is 17.9. The highest BCUT2D eigenvalue weighted by Crippen LogP contribution is 2.45. The van der Waals surface area contributed by atoms with Gasteiger partial charge in [0.1, 0.15) is 17.7 Å². The molecule has 4 rings (SSSR count). The highest BCUT2D eigenvalue weighted by molar-refractivity contribution is 7.91. The van der Waals surface area contributed by atoms with Crippen LogP contribution in [0.5, 0.6) is 5.75 Å². The smallest absolute Gasteiger partial charge is 0.267 e. The maximum atomic E-state index is 14.8. The lowest BCUT2D eigenvalue weighted by molar-refractivity contribution is 0.0341. The van der Waals surface area contributed by atoms with Crippen molar-refractivity contribution in [3.8, 4) is 5.75 Å².